The number of hydrogen-bond donors (Lipinski definition) is 1. The van der Waals surface area contributed by atoms with Crippen molar-refractivity contribution < 1.29 is 9.47 Å². The zero-order valence-corrected chi connectivity index (χ0v) is 10.0. The lowest BCUT2D eigenvalue weighted by Gasteiger charge is -2.06. The molecule has 1 aromatic heterocycles. The molecule has 6 heteroatoms. The molecule has 1 rings (SSSR count). The maximum absolute atomic E-state index is 5.47. The third-order valence-corrected chi connectivity index (χ3v) is 2.00. The quantitative estimate of drug-likeness (QED) is 0.556. The molecule has 0 amide bonds. The summed E-state index contributed by atoms with van der Waals surface area (Å²) in [5, 5.41) is 3.15. The molecule has 1 N–H and O–H groups in total. The summed E-state index contributed by atoms with van der Waals surface area (Å²) in [5.74, 6) is 1.84. The van der Waals surface area contributed by atoms with Gasteiger partial charge in [-0.15, -0.1) is 11.6 Å². The number of rotatable bonds is 8. The van der Waals surface area contributed by atoms with E-state index in [0.717, 1.165) is 18.8 Å². The van der Waals surface area contributed by atoms with Gasteiger partial charge in [0, 0.05) is 25.1 Å². The van der Waals surface area contributed by atoms with Gasteiger partial charge >= 0.3 is 0 Å². The van der Waals surface area contributed by atoms with Crippen LogP contribution >= 0.6 is 11.6 Å². The second-order valence-corrected chi connectivity index (χ2v) is 3.41. The van der Waals surface area contributed by atoms with E-state index in [1.54, 1.807) is 13.2 Å². The van der Waals surface area contributed by atoms with Gasteiger partial charge in [0.05, 0.1) is 13.7 Å². The molecule has 0 aromatic carbocycles. The Labute approximate surface area is 100 Å². The van der Waals surface area contributed by atoms with Crippen molar-refractivity contribution in [3.05, 3.63) is 12.4 Å². The second-order valence-electron chi connectivity index (χ2n) is 3.03. The minimum atomic E-state index is 0.538. The van der Waals surface area contributed by atoms with Crippen LogP contribution in [0.15, 0.2) is 12.4 Å². The maximum Gasteiger partial charge on any atom is 0.218 e. The van der Waals surface area contributed by atoms with Crippen LogP contribution in [0.2, 0.25) is 0 Å². The smallest absolute Gasteiger partial charge is 0.218 e. The molecule has 0 unspecified atom stereocenters. The lowest BCUT2D eigenvalue weighted by Crippen LogP contribution is -2.08. The molecule has 0 atom stereocenters. The Morgan fingerprint density at radius 2 is 2.25 bits per heavy atom. The largest absolute Gasteiger partial charge is 0.481 e. The van der Waals surface area contributed by atoms with E-state index in [0.29, 0.717) is 25.0 Å². The lowest BCUT2D eigenvalue weighted by atomic mass is 10.4. The summed E-state index contributed by atoms with van der Waals surface area (Å²) in [6.45, 7) is 2.09. The third-order valence-electron chi connectivity index (χ3n) is 1.84. The van der Waals surface area contributed by atoms with Crippen LogP contribution in [0, 0.1) is 0 Å². The predicted molar refractivity (Wildman–Crippen MR) is 63.2 cm³/mol. The van der Waals surface area contributed by atoms with Crippen LogP contribution < -0.4 is 10.1 Å². The topological polar surface area (TPSA) is 56.3 Å². The van der Waals surface area contributed by atoms with Crippen molar-refractivity contribution in [2.24, 2.45) is 0 Å². The van der Waals surface area contributed by atoms with Crippen LogP contribution in [-0.4, -0.2) is 42.7 Å². The molecule has 0 saturated heterocycles. The van der Waals surface area contributed by atoms with E-state index in [4.69, 9.17) is 21.1 Å². The monoisotopic (exact) mass is 245 g/mol. The van der Waals surface area contributed by atoms with Crippen LogP contribution in [-0.2, 0) is 4.74 Å². The highest BCUT2D eigenvalue weighted by molar-refractivity contribution is 6.17. The number of halogens is 1. The molecule has 90 valence electrons. The number of ether oxygens (including phenoxy) is 2. The van der Waals surface area contributed by atoms with Crippen molar-refractivity contribution in [2.75, 3.05) is 38.1 Å². The van der Waals surface area contributed by atoms with Gasteiger partial charge in [0.1, 0.15) is 12.1 Å². The van der Waals surface area contributed by atoms with Crippen molar-refractivity contribution in [1.82, 2.24) is 9.97 Å². The Balaban J connectivity index is 2.16. The summed E-state index contributed by atoms with van der Waals surface area (Å²) in [5.41, 5.74) is 0. The average molecular weight is 246 g/mol. The Morgan fingerprint density at radius 3 is 3.00 bits per heavy atom. The molecule has 0 fully saturated rings. The fourth-order valence-electron chi connectivity index (χ4n) is 1.10. The molecule has 5 nitrogen and oxygen atoms in total. The molecule has 1 aromatic rings. The van der Waals surface area contributed by atoms with E-state index < -0.39 is 0 Å². The average Bonchev–Trinajstić information content (AvgIpc) is 2.34. The number of aromatic nitrogens is 2. The summed E-state index contributed by atoms with van der Waals surface area (Å²) in [6.07, 6.45) is 2.37. The minimum absolute atomic E-state index is 0.538. The molecule has 0 aliphatic heterocycles. The Kier molecular flexibility index (Phi) is 6.60. The Morgan fingerprint density at radius 1 is 1.38 bits per heavy atom. The summed E-state index contributed by atoms with van der Waals surface area (Å²) in [7, 11) is 1.58. The van der Waals surface area contributed by atoms with Gasteiger partial charge in [0.2, 0.25) is 5.88 Å². The van der Waals surface area contributed by atoms with Crippen molar-refractivity contribution in [2.45, 2.75) is 6.42 Å². The molecule has 0 bridgehead atoms. The fraction of sp³-hybridized carbons (Fsp3) is 0.600. The first kappa shape index (κ1) is 13.0. The normalized spacial score (nSPS) is 10.1. The van der Waals surface area contributed by atoms with Crippen LogP contribution in [0.5, 0.6) is 5.88 Å². The van der Waals surface area contributed by atoms with Gasteiger partial charge in [-0.05, 0) is 6.42 Å². The maximum atomic E-state index is 5.47. The van der Waals surface area contributed by atoms with Crippen molar-refractivity contribution in [3.63, 3.8) is 0 Å². The SMILES string of the molecule is COc1cc(NCCCOCCCl)ncn1. The molecule has 0 spiro atoms. The number of hydrogen-bond acceptors (Lipinski definition) is 5. The summed E-state index contributed by atoms with van der Waals surface area (Å²) >= 11 is 5.47. The molecule has 0 aliphatic carbocycles. The first-order chi connectivity index (χ1) is 7.86. The highest BCUT2D eigenvalue weighted by Gasteiger charge is 1.97. The predicted octanol–water partition coefficient (Wildman–Crippen LogP) is 1.54. The van der Waals surface area contributed by atoms with Gasteiger partial charge in [-0.3, -0.25) is 0 Å². The summed E-state index contributed by atoms with van der Waals surface area (Å²) in [4.78, 5) is 7.97. The van der Waals surface area contributed by atoms with Gasteiger partial charge in [-0.1, -0.05) is 0 Å². The summed E-state index contributed by atoms with van der Waals surface area (Å²) < 4.78 is 10.2. The Bertz CT molecular complexity index is 299. The van der Waals surface area contributed by atoms with E-state index >= 15 is 0 Å². The zero-order chi connectivity index (χ0) is 11.6. The molecule has 16 heavy (non-hydrogen) atoms. The van der Waals surface area contributed by atoms with Crippen molar-refractivity contribution in [3.8, 4) is 5.88 Å². The first-order valence-electron chi connectivity index (χ1n) is 5.10. The van der Waals surface area contributed by atoms with E-state index in [9.17, 15) is 0 Å². The van der Waals surface area contributed by atoms with Gasteiger partial charge in [-0.2, -0.15) is 0 Å². The van der Waals surface area contributed by atoms with Gasteiger partial charge in [-0.25, -0.2) is 9.97 Å². The number of methoxy groups -OCH3 is 1. The van der Waals surface area contributed by atoms with Gasteiger partial charge < -0.3 is 14.8 Å². The lowest BCUT2D eigenvalue weighted by molar-refractivity contribution is 0.149. The van der Waals surface area contributed by atoms with E-state index in [1.807, 2.05) is 0 Å². The molecule has 1 heterocycles. The summed E-state index contributed by atoms with van der Waals surface area (Å²) in [6, 6.07) is 1.75. The fourth-order valence-corrected chi connectivity index (χ4v) is 1.20. The molecule has 0 saturated carbocycles. The zero-order valence-electron chi connectivity index (χ0n) is 9.28. The molecule has 0 aliphatic rings. The van der Waals surface area contributed by atoms with Gasteiger partial charge in [0.25, 0.3) is 0 Å². The second kappa shape index (κ2) is 8.13. The van der Waals surface area contributed by atoms with Crippen molar-refractivity contribution in [1.29, 1.82) is 0 Å². The molecular weight excluding hydrogens is 230 g/mol. The minimum Gasteiger partial charge on any atom is -0.481 e. The third kappa shape index (κ3) is 5.14. The first-order valence-corrected chi connectivity index (χ1v) is 5.64. The van der Waals surface area contributed by atoms with Crippen LogP contribution in [0.25, 0.3) is 0 Å². The number of anilines is 1. The standard InChI is InChI=1S/C10H16ClN3O2/c1-15-10-7-9(13-8-14-10)12-4-2-5-16-6-3-11/h7-8H,2-6H2,1H3,(H,12,13,14). The highest BCUT2D eigenvalue weighted by atomic mass is 35.5. The van der Waals surface area contributed by atoms with E-state index in [2.05, 4.69) is 15.3 Å². The number of nitrogens with zero attached hydrogens (tertiary/aromatic N) is 2. The van der Waals surface area contributed by atoms with Gasteiger partial charge in [0.15, 0.2) is 0 Å². The van der Waals surface area contributed by atoms with Crippen molar-refractivity contribution >= 4 is 17.4 Å². The van der Waals surface area contributed by atoms with Crippen LogP contribution in [0.4, 0.5) is 5.82 Å². The highest BCUT2D eigenvalue weighted by Crippen LogP contribution is 2.09. The van der Waals surface area contributed by atoms with Crippen LogP contribution in [0.3, 0.4) is 0 Å². The van der Waals surface area contributed by atoms with E-state index in [-0.39, 0.29) is 0 Å². The number of alkyl halides is 1. The Hall–Kier alpha value is -1.07. The molecule has 0 radical (unpaired) electrons. The van der Waals surface area contributed by atoms with Crippen LogP contribution in [0.1, 0.15) is 6.42 Å². The molecular formula is C10H16ClN3O2. The number of nitrogens with one attached hydrogen (secondary N) is 1. The van der Waals surface area contributed by atoms with E-state index in [1.165, 1.54) is 6.33 Å².